The highest BCUT2D eigenvalue weighted by molar-refractivity contribution is 6.39. The van der Waals surface area contributed by atoms with E-state index in [0.717, 1.165) is 5.56 Å². The molecule has 0 aliphatic carbocycles. The van der Waals surface area contributed by atoms with Crippen LogP contribution in [0.4, 0.5) is 16.2 Å². The number of aryl methyl sites for hydroxylation is 1. The molecule has 11 heteroatoms. The third-order valence-corrected chi connectivity index (χ3v) is 5.79. The first-order chi connectivity index (χ1) is 17.3. The quantitative estimate of drug-likeness (QED) is 0.300. The molecule has 2 amide bonds. The van der Waals surface area contributed by atoms with Crippen LogP contribution in [0, 0.1) is 0 Å². The predicted octanol–water partition coefficient (Wildman–Crippen LogP) is 5.64. The van der Waals surface area contributed by atoms with Crippen LogP contribution >= 0.6 is 23.2 Å². The minimum Gasteiger partial charge on any atom is -0.478 e. The van der Waals surface area contributed by atoms with Gasteiger partial charge in [0.2, 0.25) is 0 Å². The minimum absolute atomic E-state index is 0.000992. The molecule has 2 aromatic heterocycles. The van der Waals surface area contributed by atoms with Gasteiger partial charge < -0.3 is 15.7 Å². The second kappa shape index (κ2) is 10.6. The molecule has 3 N–H and O–H groups in total. The van der Waals surface area contributed by atoms with E-state index in [9.17, 15) is 19.5 Å². The highest BCUT2D eigenvalue weighted by atomic mass is 35.5. The molecule has 0 saturated carbocycles. The van der Waals surface area contributed by atoms with Crippen LogP contribution in [0.1, 0.15) is 17.3 Å². The van der Waals surface area contributed by atoms with Crippen molar-refractivity contribution >= 4 is 46.6 Å². The van der Waals surface area contributed by atoms with Crippen molar-refractivity contribution in [2.75, 3.05) is 10.6 Å². The first-order valence-corrected chi connectivity index (χ1v) is 11.5. The standard InChI is InChI=1S/C25H19Cl2N5O4/c1-2-32-23(33)21(29-25(36)30-22-18(26)12-28-13-19(22)27)11-20(31-32)16-7-3-5-14(9-16)15-6-4-8-17(10-15)24(34)35/h3-13H,2H2,1H3,(H,34,35)(H2,28,29,30,36). The lowest BCUT2D eigenvalue weighted by Gasteiger charge is -2.13. The topological polar surface area (TPSA) is 126 Å². The van der Waals surface area contributed by atoms with Crippen LogP contribution in [-0.4, -0.2) is 31.9 Å². The van der Waals surface area contributed by atoms with Gasteiger partial charge in [0.05, 0.1) is 27.0 Å². The number of pyridine rings is 1. The number of urea groups is 1. The normalized spacial score (nSPS) is 10.6. The number of carbonyl (C=O) groups is 2. The summed E-state index contributed by atoms with van der Waals surface area (Å²) >= 11 is 12.1. The molecule has 0 bridgehead atoms. The Morgan fingerprint density at radius 1 is 0.944 bits per heavy atom. The van der Waals surface area contributed by atoms with E-state index in [1.54, 1.807) is 37.3 Å². The van der Waals surface area contributed by atoms with Crippen LogP contribution < -0.4 is 16.2 Å². The Morgan fingerprint density at radius 3 is 2.25 bits per heavy atom. The van der Waals surface area contributed by atoms with Crippen molar-refractivity contribution in [2.24, 2.45) is 0 Å². The molecule has 0 atom stereocenters. The van der Waals surface area contributed by atoms with Crippen molar-refractivity contribution in [1.82, 2.24) is 14.8 Å². The lowest BCUT2D eigenvalue weighted by atomic mass is 10.00. The van der Waals surface area contributed by atoms with E-state index in [1.165, 1.54) is 29.2 Å². The summed E-state index contributed by atoms with van der Waals surface area (Å²) < 4.78 is 1.23. The zero-order valence-electron chi connectivity index (χ0n) is 18.8. The number of halogens is 2. The third-order valence-electron chi connectivity index (χ3n) is 5.22. The van der Waals surface area contributed by atoms with Gasteiger partial charge in [-0.1, -0.05) is 53.5 Å². The summed E-state index contributed by atoms with van der Waals surface area (Å²) in [6.45, 7) is 2.03. The molecule has 0 radical (unpaired) electrons. The average Bonchev–Trinajstić information content (AvgIpc) is 2.87. The molecule has 2 aromatic carbocycles. The van der Waals surface area contributed by atoms with Crippen molar-refractivity contribution in [3.05, 3.63) is 93.0 Å². The molecule has 4 aromatic rings. The van der Waals surface area contributed by atoms with Crippen LogP contribution in [0.15, 0.2) is 71.8 Å². The molecule has 36 heavy (non-hydrogen) atoms. The maximum atomic E-state index is 12.8. The summed E-state index contributed by atoms with van der Waals surface area (Å²) in [5, 5.41) is 19.1. The summed E-state index contributed by atoms with van der Waals surface area (Å²) in [5.74, 6) is -1.02. The fourth-order valence-electron chi connectivity index (χ4n) is 3.47. The van der Waals surface area contributed by atoms with Crippen LogP contribution in [0.3, 0.4) is 0 Å². The monoisotopic (exact) mass is 523 g/mol. The Labute approximate surface area is 215 Å². The number of aromatic carboxylic acids is 1. The van der Waals surface area contributed by atoms with Crippen molar-refractivity contribution < 1.29 is 14.7 Å². The Morgan fingerprint density at radius 2 is 1.58 bits per heavy atom. The molecule has 2 heterocycles. The number of carboxylic acid groups (broad SMARTS) is 1. The van der Waals surface area contributed by atoms with Crippen molar-refractivity contribution in [2.45, 2.75) is 13.5 Å². The van der Waals surface area contributed by atoms with E-state index in [4.69, 9.17) is 23.2 Å². The maximum absolute atomic E-state index is 12.8. The zero-order valence-corrected chi connectivity index (χ0v) is 20.3. The number of hydrogen-bond acceptors (Lipinski definition) is 5. The summed E-state index contributed by atoms with van der Waals surface area (Å²) in [7, 11) is 0. The van der Waals surface area contributed by atoms with E-state index in [2.05, 4.69) is 20.7 Å². The molecule has 0 aliphatic rings. The van der Waals surface area contributed by atoms with E-state index in [1.807, 2.05) is 12.1 Å². The van der Waals surface area contributed by atoms with Gasteiger partial charge in [0.1, 0.15) is 5.69 Å². The molecule has 0 unspecified atom stereocenters. The van der Waals surface area contributed by atoms with Gasteiger partial charge in [0.15, 0.2) is 0 Å². The molecule has 4 rings (SSSR count). The van der Waals surface area contributed by atoms with Crippen LogP contribution in [0.5, 0.6) is 0 Å². The third kappa shape index (κ3) is 5.37. The smallest absolute Gasteiger partial charge is 0.335 e. The van der Waals surface area contributed by atoms with Crippen LogP contribution in [0.25, 0.3) is 22.4 Å². The molecule has 9 nitrogen and oxygen atoms in total. The number of amides is 2. The Kier molecular flexibility index (Phi) is 7.33. The van der Waals surface area contributed by atoms with Crippen molar-refractivity contribution in [3.63, 3.8) is 0 Å². The number of aromatic nitrogens is 3. The van der Waals surface area contributed by atoms with Crippen molar-refractivity contribution in [1.29, 1.82) is 0 Å². The number of nitrogens with one attached hydrogen (secondary N) is 2. The molecule has 182 valence electrons. The van der Waals surface area contributed by atoms with E-state index < -0.39 is 17.6 Å². The summed E-state index contributed by atoms with van der Waals surface area (Å²) in [5.41, 5.74) is 2.41. The first kappa shape index (κ1) is 24.9. The second-order valence-electron chi connectivity index (χ2n) is 7.59. The SMILES string of the molecule is CCn1nc(-c2cccc(-c3cccc(C(=O)O)c3)c2)cc(NC(=O)Nc2c(Cl)cncc2Cl)c1=O. The molecule has 0 saturated heterocycles. The van der Waals surface area contributed by atoms with Crippen LogP contribution in [0.2, 0.25) is 10.0 Å². The fraction of sp³-hybridized carbons (Fsp3) is 0.0800. The van der Waals surface area contributed by atoms with E-state index in [-0.39, 0.29) is 33.5 Å². The lowest BCUT2D eigenvalue weighted by molar-refractivity contribution is 0.0697. The maximum Gasteiger partial charge on any atom is 0.335 e. The van der Waals surface area contributed by atoms with Gasteiger partial charge in [-0.25, -0.2) is 14.3 Å². The zero-order chi connectivity index (χ0) is 25.8. The predicted molar refractivity (Wildman–Crippen MR) is 139 cm³/mol. The first-order valence-electron chi connectivity index (χ1n) is 10.7. The molecular weight excluding hydrogens is 505 g/mol. The second-order valence-corrected chi connectivity index (χ2v) is 8.40. The Balaban J connectivity index is 1.68. The number of nitrogens with zero attached hydrogens (tertiary/aromatic N) is 3. The van der Waals surface area contributed by atoms with Crippen LogP contribution in [-0.2, 0) is 6.54 Å². The highest BCUT2D eigenvalue weighted by Gasteiger charge is 2.15. The number of benzene rings is 2. The number of rotatable bonds is 6. The summed E-state index contributed by atoms with van der Waals surface area (Å²) in [6, 6.07) is 14.6. The number of anilines is 2. The van der Waals surface area contributed by atoms with Gasteiger partial charge in [-0.05, 0) is 42.3 Å². The largest absolute Gasteiger partial charge is 0.478 e. The number of carbonyl (C=O) groups excluding carboxylic acids is 1. The number of hydrogen-bond donors (Lipinski definition) is 3. The minimum atomic E-state index is -1.02. The van der Waals surface area contributed by atoms with Gasteiger partial charge >= 0.3 is 12.0 Å². The molecule has 0 fully saturated rings. The number of carboxylic acids is 1. The average molecular weight is 524 g/mol. The summed E-state index contributed by atoms with van der Waals surface area (Å²) in [6.07, 6.45) is 2.66. The molecular formula is C25H19Cl2N5O4. The molecule has 0 spiro atoms. The van der Waals surface area contributed by atoms with Gasteiger partial charge in [0, 0.05) is 24.5 Å². The lowest BCUT2D eigenvalue weighted by Crippen LogP contribution is -2.29. The van der Waals surface area contributed by atoms with Gasteiger partial charge in [-0.2, -0.15) is 5.10 Å². The fourth-order valence-corrected chi connectivity index (χ4v) is 3.93. The van der Waals surface area contributed by atoms with Gasteiger partial charge in [-0.15, -0.1) is 0 Å². The Hall–Kier alpha value is -4.21. The van der Waals surface area contributed by atoms with Crippen molar-refractivity contribution in [3.8, 4) is 22.4 Å². The van der Waals surface area contributed by atoms with Gasteiger partial charge in [0.25, 0.3) is 5.56 Å². The summed E-state index contributed by atoms with van der Waals surface area (Å²) in [4.78, 5) is 40.7. The van der Waals surface area contributed by atoms with E-state index >= 15 is 0 Å². The highest BCUT2D eigenvalue weighted by Crippen LogP contribution is 2.29. The molecule has 0 aliphatic heterocycles. The van der Waals surface area contributed by atoms with Gasteiger partial charge in [-0.3, -0.25) is 9.78 Å². The Bertz CT molecular complexity index is 1520. The van der Waals surface area contributed by atoms with E-state index in [0.29, 0.717) is 16.8 Å².